The predicted octanol–water partition coefficient (Wildman–Crippen LogP) is 2.44. The molecule has 3 rings (SSSR count). The molecule has 1 aromatic carbocycles. The van der Waals surface area contributed by atoms with Crippen LogP contribution in [0, 0.1) is 0 Å². The lowest BCUT2D eigenvalue weighted by Gasteiger charge is -2.21. The highest BCUT2D eigenvalue weighted by molar-refractivity contribution is 5.74. The Morgan fingerprint density at radius 2 is 2.26 bits per heavy atom. The Morgan fingerprint density at radius 3 is 3.00 bits per heavy atom. The normalized spacial score (nSPS) is 14.3. The van der Waals surface area contributed by atoms with Gasteiger partial charge in [-0.2, -0.15) is 0 Å². The first-order valence-corrected chi connectivity index (χ1v) is 6.36. The fourth-order valence-corrected chi connectivity index (χ4v) is 2.50. The van der Waals surface area contributed by atoms with Crippen molar-refractivity contribution >= 4 is 0 Å². The third-order valence-corrected chi connectivity index (χ3v) is 3.33. The molecule has 4 nitrogen and oxygen atoms in total. The first-order chi connectivity index (χ1) is 9.19. The molecule has 0 amide bonds. The smallest absolute Gasteiger partial charge is 0.129 e. The highest BCUT2D eigenvalue weighted by Gasteiger charge is 2.22. The van der Waals surface area contributed by atoms with E-state index in [-0.39, 0.29) is 6.10 Å². The second kappa shape index (κ2) is 4.63. The van der Waals surface area contributed by atoms with Crippen molar-refractivity contribution in [2.24, 2.45) is 0 Å². The number of nitrogens with zero attached hydrogens (tertiary/aromatic N) is 1. The third-order valence-electron chi connectivity index (χ3n) is 3.33. The minimum atomic E-state index is -0.381. The van der Waals surface area contributed by atoms with Crippen molar-refractivity contribution < 1.29 is 14.6 Å². The number of methoxy groups -OCH3 is 1. The van der Waals surface area contributed by atoms with Gasteiger partial charge in [0.25, 0.3) is 0 Å². The van der Waals surface area contributed by atoms with Crippen molar-refractivity contribution in [1.82, 2.24) is 4.57 Å². The molecule has 0 bridgehead atoms. The van der Waals surface area contributed by atoms with Crippen LogP contribution < -0.4 is 9.47 Å². The maximum absolute atomic E-state index is 9.60. The maximum atomic E-state index is 9.60. The van der Waals surface area contributed by atoms with Gasteiger partial charge < -0.3 is 19.1 Å². The Kier molecular flexibility index (Phi) is 2.95. The minimum Gasteiger partial charge on any atom is -0.497 e. The molecule has 0 spiro atoms. The van der Waals surface area contributed by atoms with Crippen LogP contribution in [0.4, 0.5) is 0 Å². The maximum Gasteiger partial charge on any atom is 0.129 e. The average Bonchev–Trinajstić information content (AvgIpc) is 2.81. The summed E-state index contributed by atoms with van der Waals surface area (Å²) < 4.78 is 13.1. The molecule has 0 aliphatic carbocycles. The molecule has 1 N–H and O–H groups in total. The monoisotopic (exact) mass is 259 g/mol. The zero-order chi connectivity index (χ0) is 13.4. The first-order valence-electron chi connectivity index (χ1n) is 6.36. The number of benzene rings is 1. The summed E-state index contributed by atoms with van der Waals surface area (Å²) in [5.41, 5.74) is 3.27. The van der Waals surface area contributed by atoms with Crippen molar-refractivity contribution in [2.45, 2.75) is 26.2 Å². The molecule has 1 unspecified atom stereocenters. The molecular formula is C15H17NO3. The Hall–Kier alpha value is -1.94. The Balaban J connectivity index is 2.12. The second-order valence-corrected chi connectivity index (χ2v) is 4.84. The Bertz CT molecular complexity index is 601. The van der Waals surface area contributed by atoms with Crippen LogP contribution in [0.25, 0.3) is 11.3 Å². The van der Waals surface area contributed by atoms with Gasteiger partial charge in [0.15, 0.2) is 0 Å². The molecule has 1 aliphatic heterocycles. The Morgan fingerprint density at radius 1 is 1.42 bits per heavy atom. The van der Waals surface area contributed by atoms with E-state index in [1.807, 2.05) is 30.5 Å². The molecule has 2 heterocycles. The van der Waals surface area contributed by atoms with Crippen molar-refractivity contribution in [1.29, 1.82) is 0 Å². The van der Waals surface area contributed by atoms with Crippen molar-refractivity contribution in [3.05, 3.63) is 36.0 Å². The van der Waals surface area contributed by atoms with E-state index in [1.54, 1.807) is 14.0 Å². The molecule has 4 heteroatoms. The highest BCUT2D eigenvalue weighted by atomic mass is 16.5. The number of fused-ring (bicyclic) bond motifs is 3. The van der Waals surface area contributed by atoms with E-state index in [0.717, 1.165) is 28.3 Å². The predicted molar refractivity (Wildman–Crippen MR) is 72.4 cm³/mol. The van der Waals surface area contributed by atoms with Crippen LogP contribution in [0.2, 0.25) is 0 Å². The number of hydrogen-bond donors (Lipinski definition) is 1. The zero-order valence-corrected chi connectivity index (χ0v) is 11.1. The van der Waals surface area contributed by atoms with Crippen molar-refractivity contribution in [2.75, 3.05) is 7.11 Å². The quantitative estimate of drug-likeness (QED) is 0.920. The summed E-state index contributed by atoms with van der Waals surface area (Å²) in [5.74, 6) is 1.67. The van der Waals surface area contributed by atoms with E-state index in [0.29, 0.717) is 13.2 Å². The van der Waals surface area contributed by atoms with E-state index >= 15 is 0 Å². The van der Waals surface area contributed by atoms with E-state index in [2.05, 4.69) is 4.57 Å². The van der Waals surface area contributed by atoms with Gasteiger partial charge >= 0.3 is 0 Å². The molecule has 0 radical (unpaired) electrons. The largest absolute Gasteiger partial charge is 0.497 e. The van der Waals surface area contributed by atoms with Gasteiger partial charge in [0, 0.05) is 23.9 Å². The summed E-state index contributed by atoms with van der Waals surface area (Å²) in [4.78, 5) is 0. The van der Waals surface area contributed by atoms with Crippen LogP contribution in [-0.2, 0) is 13.2 Å². The average molecular weight is 259 g/mol. The van der Waals surface area contributed by atoms with Crippen molar-refractivity contribution in [3.8, 4) is 22.8 Å². The van der Waals surface area contributed by atoms with E-state index in [4.69, 9.17) is 9.47 Å². The summed E-state index contributed by atoms with van der Waals surface area (Å²) in [6, 6.07) is 7.84. The number of ether oxygens (including phenoxy) is 2. The summed E-state index contributed by atoms with van der Waals surface area (Å²) in [7, 11) is 1.65. The molecule has 100 valence electrons. The topological polar surface area (TPSA) is 43.6 Å². The summed E-state index contributed by atoms with van der Waals surface area (Å²) >= 11 is 0. The van der Waals surface area contributed by atoms with Crippen LogP contribution in [0.3, 0.4) is 0 Å². The van der Waals surface area contributed by atoms with Crippen LogP contribution in [0.15, 0.2) is 30.5 Å². The number of rotatable bonds is 3. The second-order valence-electron chi connectivity index (χ2n) is 4.84. The van der Waals surface area contributed by atoms with E-state index < -0.39 is 0 Å². The molecule has 1 aliphatic rings. The zero-order valence-electron chi connectivity index (χ0n) is 11.1. The van der Waals surface area contributed by atoms with Gasteiger partial charge in [0.2, 0.25) is 0 Å². The van der Waals surface area contributed by atoms with Gasteiger partial charge in [0.1, 0.15) is 18.1 Å². The lowest BCUT2D eigenvalue weighted by molar-refractivity contribution is 0.174. The van der Waals surface area contributed by atoms with Crippen molar-refractivity contribution in [3.63, 3.8) is 0 Å². The summed E-state index contributed by atoms with van der Waals surface area (Å²) in [6.07, 6.45) is 1.61. The number of aromatic nitrogens is 1. The van der Waals surface area contributed by atoms with Gasteiger partial charge in [-0.05, 0) is 31.2 Å². The number of aliphatic hydroxyl groups excluding tert-OH is 1. The molecule has 0 saturated carbocycles. The van der Waals surface area contributed by atoms with Gasteiger partial charge in [-0.15, -0.1) is 0 Å². The first kappa shape index (κ1) is 12.1. The fraction of sp³-hybridized carbons (Fsp3) is 0.333. The van der Waals surface area contributed by atoms with E-state index in [1.165, 1.54) is 0 Å². The number of hydrogen-bond acceptors (Lipinski definition) is 3. The van der Waals surface area contributed by atoms with Crippen LogP contribution in [-0.4, -0.2) is 22.9 Å². The van der Waals surface area contributed by atoms with Gasteiger partial charge in [0.05, 0.1) is 18.9 Å². The SMILES string of the molecule is COc1ccc2c(c1)-c1c(ccn1CC(C)O)CO2. The summed E-state index contributed by atoms with van der Waals surface area (Å²) in [6.45, 7) is 2.94. The molecular weight excluding hydrogens is 242 g/mol. The summed E-state index contributed by atoms with van der Waals surface area (Å²) in [5, 5.41) is 9.60. The Labute approximate surface area is 112 Å². The number of aliphatic hydroxyl groups is 1. The van der Waals surface area contributed by atoms with Gasteiger partial charge in [-0.25, -0.2) is 0 Å². The van der Waals surface area contributed by atoms with Crippen LogP contribution >= 0.6 is 0 Å². The molecule has 1 aromatic heterocycles. The van der Waals surface area contributed by atoms with Gasteiger partial charge in [-0.3, -0.25) is 0 Å². The lowest BCUT2D eigenvalue weighted by Crippen LogP contribution is -2.14. The minimum absolute atomic E-state index is 0.381. The molecule has 1 atom stereocenters. The molecule has 2 aromatic rings. The fourth-order valence-electron chi connectivity index (χ4n) is 2.50. The molecule has 19 heavy (non-hydrogen) atoms. The van der Waals surface area contributed by atoms with E-state index in [9.17, 15) is 5.11 Å². The van der Waals surface area contributed by atoms with Crippen LogP contribution in [0.1, 0.15) is 12.5 Å². The van der Waals surface area contributed by atoms with Crippen LogP contribution in [0.5, 0.6) is 11.5 Å². The van der Waals surface area contributed by atoms with Gasteiger partial charge in [-0.1, -0.05) is 0 Å². The highest BCUT2D eigenvalue weighted by Crippen LogP contribution is 2.40. The molecule has 0 saturated heterocycles. The third kappa shape index (κ3) is 2.08. The standard InChI is InChI=1S/C15H17NO3/c1-10(17)8-16-6-5-11-9-19-14-4-3-12(18-2)7-13(14)15(11)16/h3-7,10,17H,8-9H2,1-2H3. The molecule has 0 fully saturated rings. The lowest BCUT2D eigenvalue weighted by atomic mass is 10.0.